The third-order valence-electron chi connectivity index (χ3n) is 3.32. The number of ether oxygens (including phenoxy) is 1. The fourth-order valence-electron chi connectivity index (χ4n) is 1.93. The first-order valence-corrected chi connectivity index (χ1v) is 6.00. The first-order valence-electron chi connectivity index (χ1n) is 5.62. The van der Waals surface area contributed by atoms with E-state index in [1.165, 1.54) is 12.3 Å². The molecule has 1 aromatic rings. The van der Waals surface area contributed by atoms with Gasteiger partial charge in [-0.2, -0.15) is 0 Å². The number of hydrogen-bond donors (Lipinski definition) is 1. The minimum atomic E-state index is -0.495. The van der Waals surface area contributed by atoms with Gasteiger partial charge in [0, 0.05) is 18.9 Å². The Morgan fingerprint density at radius 1 is 1.72 bits per heavy atom. The van der Waals surface area contributed by atoms with Gasteiger partial charge in [0.15, 0.2) is 0 Å². The Balaban J connectivity index is 2.31. The monoisotopic (exact) mass is 271 g/mol. The maximum Gasteiger partial charge on any atom is 0.312 e. The molecule has 0 radical (unpaired) electrons. The molecule has 1 N–H and O–H groups in total. The molecule has 2 heterocycles. The van der Waals surface area contributed by atoms with Crippen molar-refractivity contribution in [1.82, 2.24) is 4.98 Å². The van der Waals surface area contributed by atoms with Crippen molar-refractivity contribution in [3.63, 3.8) is 0 Å². The molecular weight excluding hydrogens is 258 g/mol. The second-order valence-electron chi connectivity index (χ2n) is 4.58. The lowest BCUT2D eigenvalue weighted by Gasteiger charge is -2.29. The molecular formula is C11H14ClN3O3. The van der Waals surface area contributed by atoms with Crippen LogP contribution in [0.15, 0.2) is 12.3 Å². The van der Waals surface area contributed by atoms with Gasteiger partial charge in [-0.15, -0.1) is 0 Å². The van der Waals surface area contributed by atoms with Crippen LogP contribution in [0.1, 0.15) is 20.3 Å². The topological polar surface area (TPSA) is 77.3 Å². The maximum atomic E-state index is 11.0. The highest BCUT2D eigenvalue weighted by atomic mass is 35.5. The number of anilines is 1. The Labute approximate surface area is 109 Å². The number of aromatic nitrogens is 1. The number of nitrogens with one attached hydrogen (secondary N) is 1. The van der Waals surface area contributed by atoms with Crippen LogP contribution in [0.5, 0.6) is 0 Å². The van der Waals surface area contributed by atoms with Crippen LogP contribution in [0.25, 0.3) is 0 Å². The quantitative estimate of drug-likeness (QED) is 0.675. The molecule has 0 aliphatic carbocycles. The summed E-state index contributed by atoms with van der Waals surface area (Å²) < 4.78 is 5.48. The Hall–Kier alpha value is -1.40. The normalized spacial score (nSPS) is 27.2. The average molecular weight is 272 g/mol. The van der Waals surface area contributed by atoms with Crippen molar-refractivity contribution in [2.75, 3.05) is 11.9 Å². The van der Waals surface area contributed by atoms with E-state index in [0.29, 0.717) is 6.61 Å². The van der Waals surface area contributed by atoms with Gasteiger partial charge in [0.2, 0.25) is 5.82 Å². The second kappa shape index (κ2) is 4.70. The SMILES string of the molecule is C[C@H]1OCC[C@@]1(C)Nc1ncc(Cl)cc1[N+](=O)[O-]. The van der Waals surface area contributed by atoms with Crippen molar-refractivity contribution in [3.8, 4) is 0 Å². The van der Waals surface area contributed by atoms with E-state index >= 15 is 0 Å². The summed E-state index contributed by atoms with van der Waals surface area (Å²) in [5, 5.41) is 14.3. The van der Waals surface area contributed by atoms with E-state index < -0.39 is 4.92 Å². The molecule has 1 aliphatic heterocycles. The molecule has 7 heteroatoms. The van der Waals surface area contributed by atoms with Gasteiger partial charge in [0.05, 0.1) is 21.6 Å². The van der Waals surface area contributed by atoms with Gasteiger partial charge in [-0.05, 0) is 20.3 Å². The lowest BCUT2D eigenvalue weighted by molar-refractivity contribution is -0.384. The van der Waals surface area contributed by atoms with Gasteiger partial charge >= 0.3 is 5.69 Å². The molecule has 1 fully saturated rings. The molecule has 0 unspecified atom stereocenters. The molecule has 6 nitrogen and oxygen atoms in total. The number of nitrogens with zero attached hydrogens (tertiary/aromatic N) is 2. The van der Waals surface area contributed by atoms with Crippen LogP contribution in [0.3, 0.4) is 0 Å². The van der Waals surface area contributed by atoms with Crippen molar-refractivity contribution in [1.29, 1.82) is 0 Å². The summed E-state index contributed by atoms with van der Waals surface area (Å²) in [5.74, 6) is 0.226. The van der Waals surface area contributed by atoms with E-state index in [0.717, 1.165) is 6.42 Å². The summed E-state index contributed by atoms with van der Waals surface area (Å²) >= 11 is 5.72. The minimum Gasteiger partial charge on any atom is -0.376 e. The van der Waals surface area contributed by atoms with E-state index in [1.807, 2.05) is 13.8 Å². The first kappa shape index (κ1) is 13.0. The van der Waals surface area contributed by atoms with Crippen molar-refractivity contribution in [2.45, 2.75) is 31.9 Å². The predicted octanol–water partition coefficient (Wildman–Crippen LogP) is 2.62. The Morgan fingerprint density at radius 2 is 2.44 bits per heavy atom. The van der Waals surface area contributed by atoms with Gasteiger partial charge in [0.25, 0.3) is 0 Å². The highest BCUT2D eigenvalue weighted by Gasteiger charge is 2.38. The van der Waals surface area contributed by atoms with E-state index in [-0.39, 0.29) is 28.2 Å². The van der Waals surface area contributed by atoms with Crippen LogP contribution in [0, 0.1) is 10.1 Å². The summed E-state index contributed by atoms with van der Waals surface area (Å²) in [5.41, 5.74) is -0.478. The fraction of sp³-hybridized carbons (Fsp3) is 0.545. The van der Waals surface area contributed by atoms with Gasteiger partial charge in [-0.1, -0.05) is 11.6 Å². The Bertz CT molecular complexity index is 483. The van der Waals surface area contributed by atoms with Crippen LogP contribution in [0.4, 0.5) is 11.5 Å². The van der Waals surface area contributed by atoms with Crippen LogP contribution in [0.2, 0.25) is 5.02 Å². The van der Waals surface area contributed by atoms with E-state index in [4.69, 9.17) is 16.3 Å². The largest absolute Gasteiger partial charge is 0.376 e. The fourth-order valence-corrected chi connectivity index (χ4v) is 2.09. The van der Waals surface area contributed by atoms with E-state index in [9.17, 15) is 10.1 Å². The van der Waals surface area contributed by atoms with Crippen molar-refractivity contribution >= 4 is 23.1 Å². The van der Waals surface area contributed by atoms with Crippen LogP contribution >= 0.6 is 11.6 Å². The maximum absolute atomic E-state index is 11.0. The molecule has 2 atom stereocenters. The lowest BCUT2D eigenvalue weighted by Crippen LogP contribution is -2.41. The third-order valence-corrected chi connectivity index (χ3v) is 3.53. The van der Waals surface area contributed by atoms with E-state index in [2.05, 4.69) is 10.3 Å². The summed E-state index contributed by atoms with van der Waals surface area (Å²) in [6.45, 7) is 4.53. The highest BCUT2D eigenvalue weighted by molar-refractivity contribution is 6.30. The Morgan fingerprint density at radius 3 is 3.00 bits per heavy atom. The summed E-state index contributed by atoms with van der Waals surface area (Å²) in [6, 6.07) is 1.29. The zero-order valence-electron chi connectivity index (χ0n) is 10.1. The number of rotatable bonds is 3. The summed E-state index contributed by atoms with van der Waals surface area (Å²) in [7, 11) is 0. The van der Waals surface area contributed by atoms with Gasteiger partial charge in [-0.3, -0.25) is 10.1 Å². The van der Waals surface area contributed by atoms with Gasteiger partial charge in [-0.25, -0.2) is 4.98 Å². The van der Waals surface area contributed by atoms with Crippen molar-refractivity contribution in [2.24, 2.45) is 0 Å². The van der Waals surface area contributed by atoms with E-state index in [1.54, 1.807) is 0 Å². The number of pyridine rings is 1. The molecule has 0 saturated carbocycles. The standard InChI is InChI=1S/C11H14ClN3O3/c1-7-11(2,3-4-18-7)14-10-9(15(16)17)5-8(12)6-13-10/h5-7H,3-4H2,1-2H3,(H,13,14)/t7-,11-/m1/s1. The van der Waals surface area contributed by atoms with Crippen LogP contribution in [-0.4, -0.2) is 28.2 Å². The van der Waals surface area contributed by atoms with Gasteiger partial charge < -0.3 is 10.1 Å². The number of hydrogen-bond acceptors (Lipinski definition) is 5. The molecule has 1 saturated heterocycles. The minimum absolute atomic E-state index is 0.0328. The number of halogens is 1. The van der Waals surface area contributed by atoms with Crippen LogP contribution in [-0.2, 0) is 4.74 Å². The van der Waals surface area contributed by atoms with Crippen molar-refractivity contribution < 1.29 is 9.66 Å². The summed E-state index contributed by atoms with van der Waals surface area (Å²) in [4.78, 5) is 14.5. The first-order chi connectivity index (χ1) is 8.42. The third kappa shape index (κ3) is 2.39. The molecule has 98 valence electrons. The molecule has 1 aliphatic rings. The Kier molecular flexibility index (Phi) is 3.41. The zero-order valence-corrected chi connectivity index (χ0v) is 10.9. The average Bonchev–Trinajstić information content (AvgIpc) is 2.61. The van der Waals surface area contributed by atoms with Crippen LogP contribution < -0.4 is 5.32 Å². The lowest BCUT2D eigenvalue weighted by atomic mass is 9.94. The predicted molar refractivity (Wildman–Crippen MR) is 68.0 cm³/mol. The molecule has 0 amide bonds. The molecule has 0 aromatic carbocycles. The second-order valence-corrected chi connectivity index (χ2v) is 5.02. The molecule has 1 aromatic heterocycles. The molecule has 18 heavy (non-hydrogen) atoms. The van der Waals surface area contributed by atoms with Gasteiger partial charge in [0.1, 0.15) is 0 Å². The van der Waals surface area contributed by atoms with Crippen molar-refractivity contribution in [3.05, 3.63) is 27.4 Å². The smallest absolute Gasteiger partial charge is 0.312 e. The molecule has 0 spiro atoms. The zero-order chi connectivity index (χ0) is 13.3. The summed E-state index contributed by atoms with van der Waals surface area (Å²) in [6.07, 6.45) is 2.13. The number of nitro groups is 1. The molecule has 2 rings (SSSR count). The highest BCUT2D eigenvalue weighted by Crippen LogP contribution is 2.33. The molecule has 0 bridgehead atoms.